The molecule has 1 aliphatic heterocycles. The predicted molar refractivity (Wildman–Crippen MR) is 153 cm³/mol. The van der Waals surface area contributed by atoms with E-state index in [1.54, 1.807) is 14.1 Å². The number of fused-ring (bicyclic) bond motifs is 1. The van der Waals surface area contributed by atoms with Crippen LogP contribution in [0.4, 0.5) is 5.69 Å². The van der Waals surface area contributed by atoms with E-state index in [-0.39, 0.29) is 25.6 Å². The van der Waals surface area contributed by atoms with E-state index in [2.05, 4.69) is 21.5 Å². The highest BCUT2D eigenvalue weighted by molar-refractivity contribution is 7.87. The molecule has 0 spiro atoms. The lowest BCUT2D eigenvalue weighted by molar-refractivity contribution is -0.138. The van der Waals surface area contributed by atoms with Gasteiger partial charge in [0.2, 0.25) is 0 Å². The Hall–Kier alpha value is -4.11. The van der Waals surface area contributed by atoms with Gasteiger partial charge in [0.15, 0.2) is 6.61 Å². The first kappa shape index (κ1) is 28.9. The van der Waals surface area contributed by atoms with Crippen molar-refractivity contribution in [2.75, 3.05) is 51.8 Å². The molecule has 1 atom stereocenters. The number of nitrogens with zero attached hydrogens (tertiary/aromatic N) is 3. The van der Waals surface area contributed by atoms with Crippen LogP contribution in [-0.2, 0) is 19.8 Å². The Morgan fingerprint density at radius 1 is 0.950 bits per heavy atom. The third-order valence-corrected chi connectivity index (χ3v) is 8.23. The number of piperazine rings is 1. The Bertz CT molecular complexity index is 1550. The molecule has 1 amide bonds. The summed E-state index contributed by atoms with van der Waals surface area (Å²) < 4.78 is 33.9. The van der Waals surface area contributed by atoms with E-state index in [4.69, 9.17) is 9.84 Å². The molecule has 10 nitrogen and oxygen atoms in total. The second kappa shape index (κ2) is 12.4. The van der Waals surface area contributed by atoms with Crippen molar-refractivity contribution in [1.29, 1.82) is 0 Å². The Morgan fingerprint density at radius 3 is 2.20 bits per heavy atom. The molecule has 0 unspecified atom stereocenters. The van der Waals surface area contributed by atoms with E-state index < -0.39 is 22.2 Å². The van der Waals surface area contributed by atoms with Crippen molar-refractivity contribution in [2.24, 2.45) is 0 Å². The van der Waals surface area contributed by atoms with Crippen LogP contribution in [0.5, 0.6) is 5.75 Å². The maximum Gasteiger partial charge on any atom is 0.321 e. The lowest BCUT2D eigenvalue weighted by Crippen LogP contribution is -2.54. The molecule has 3 aromatic rings. The van der Waals surface area contributed by atoms with Crippen LogP contribution in [0.25, 0.3) is 10.8 Å². The van der Waals surface area contributed by atoms with Crippen LogP contribution in [0.2, 0.25) is 0 Å². The third kappa shape index (κ3) is 7.30. The lowest BCUT2D eigenvalue weighted by Gasteiger charge is -2.35. The minimum Gasteiger partial charge on any atom is -0.484 e. The molecule has 0 aromatic heterocycles. The number of ether oxygens (including phenoxy) is 1. The van der Waals surface area contributed by atoms with Crippen LogP contribution in [0.15, 0.2) is 60.7 Å². The molecule has 11 heteroatoms. The fraction of sp³-hybridized carbons (Fsp3) is 0.310. The summed E-state index contributed by atoms with van der Waals surface area (Å²) in [6.45, 7) is 2.78. The molecule has 3 aromatic carbocycles. The minimum absolute atomic E-state index is 0.00954. The van der Waals surface area contributed by atoms with Crippen LogP contribution in [0.3, 0.4) is 0 Å². The quantitative estimate of drug-likeness (QED) is 0.403. The first-order valence-corrected chi connectivity index (χ1v) is 14.2. The summed E-state index contributed by atoms with van der Waals surface area (Å²) in [4.78, 5) is 26.3. The molecule has 0 aliphatic carbocycles. The van der Waals surface area contributed by atoms with Gasteiger partial charge in [0, 0.05) is 57.1 Å². The van der Waals surface area contributed by atoms with Crippen molar-refractivity contribution < 1.29 is 27.9 Å². The van der Waals surface area contributed by atoms with Crippen molar-refractivity contribution in [1.82, 2.24) is 13.9 Å². The fourth-order valence-corrected chi connectivity index (χ4v) is 5.44. The van der Waals surface area contributed by atoms with Gasteiger partial charge < -0.3 is 19.6 Å². The van der Waals surface area contributed by atoms with Gasteiger partial charge >= 0.3 is 5.97 Å². The van der Waals surface area contributed by atoms with Gasteiger partial charge in [-0.25, -0.2) is 0 Å². The van der Waals surface area contributed by atoms with E-state index in [1.807, 2.05) is 60.7 Å². The van der Waals surface area contributed by atoms with Crippen LogP contribution < -0.4 is 14.4 Å². The molecular weight excluding hydrogens is 532 g/mol. The fourth-order valence-electron chi connectivity index (χ4n) is 4.10. The number of nitrogens with one attached hydrogen (secondary N) is 1. The Balaban J connectivity index is 1.35. The van der Waals surface area contributed by atoms with Gasteiger partial charge in [-0.1, -0.05) is 24.0 Å². The number of amides is 1. The summed E-state index contributed by atoms with van der Waals surface area (Å²) in [5, 5.41) is 11.0. The first-order chi connectivity index (χ1) is 19.0. The van der Waals surface area contributed by atoms with Gasteiger partial charge in [0.1, 0.15) is 11.8 Å². The van der Waals surface area contributed by atoms with Gasteiger partial charge in [0.25, 0.3) is 16.1 Å². The molecule has 0 saturated carbocycles. The second-order valence-electron chi connectivity index (χ2n) is 9.67. The van der Waals surface area contributed by atoms with Crippen LogP contribution >= 0.6 is 0 Å². The van der Waals surface area contributed by atoms with Crippen molar-refractivity contribution in [3.05, 3.63) is 71.8 Å². The molecule has 1 aliphatic rings. The molecule has 40 heavy (non-hydrogen) atoms. The summed E-state index contributed by atoms with van der Waals surface area (Å²) in [5.41, 5.74) is 2.69. The number of hydrogen-bond donors (Lipinski definition) is 2. The summed E-state index contributed by atoms with van der Waals surface area (Å²) in [5.74, 6) is 5.69. The summed E-state index contributed by atoms with van der Waals surface area (Å²) >= 11 is 0. The highest BCUT2D eigenvalue weighted by Crippen LogP contribution is 2.22. The van der Waals surface area contributed by atoms with E-state index in [1.165, 1.54) is 16.1 Å². The van der Waals surface area contributed by atoms with Gasteiger partial charge in [-0.15, -0.1) is 0 Å². The first-order valence-electron chi connectivity index (χ1n) is 12.8. The number of likely N-dealkylation sites (N-methyl/N-ethyl adjacent to an activating group) is 1. The molecule has 0 bridgehead atoms. The number of carboxylic acid groups (broad SMARTS) is 1. The van der Waals surface area contributed by atoms with Crippen LogP contribution in [0.1, 0.15) is 18.1 Å². The van der Waals surface area contributed by atoms with Gasteiger partial charge in [-0.05, 0) is 66.2 Å². The maximum atomic E-state index is 12.4. The average molecular weight is 565 g/mol. The standard InChI is InChI=1S/C29H32N4O6S/c1-21(29(35)36)30-40(37,38)33-16-14-32(15-17-33)26-11-7-22(8-12-26)4-5-23-6-9-25-19-27(13-10-24(25)18-23)39-20-28(34)31(2)3/h6-13,18-19,21,30H,14-17,20H2,1-3H3,(H,35,36)/t21-/m1/s1. The highest BCUT2D eigenvalue weighted by atomic mass is 32.2. The number of benzene rings is 3. The number of carbonyl (C=O) groups excluding carboxylic acids is 1. The summed E-state index contributed by atoms with van der Waals surface area (Å²) in [7, 11) is -0.482. The largest absolute Gasteiger partial charge is 0.484 e. The monoisotopic (exact) mass is 564 g/mol. The highest BCUT2D eigenvalue weighted by Gasteiger charge is 2.29. The zero-order valence-corrected chi connectivity index (χ0v) is 23.4. The van der Waals surface area contributed by atoms with E-state index >= 15 is 0 Å². The zero-order valence-electron chi connectivity index (χ0n) is 22.6. The Labute approximate surface area is 234 Å². The molecule has 0 radical (unpaired) electrons. The van der Waals surface area contributed by atoms with Crippen LogP contribution in [0, 0.1) is 11.8 Å². The molecule has 1 saturated heterocycles. The minimum atomic E-state index is -3.86. The van der Waals surface area contributed by atoms with Crippen LogP contribution in [-0.4, -0.2) is 87.5 Å². The number of carboxylic acids is 1. The molecular formula is C29H32N4O6S. The molecule has 210 valence electrons. The lowest BCUT2D eigenvalue weighted by atomic mass is 10.1. The normalized spacial score (nSPS) is 14.7. The Kier molecular flexibility index (Phi) is 8.94. The summed E-state index contributed by atoms with van der Waals surface area (Å²) in [6.07, 6.45) is 0. The smallest absolute Gasteiger partial charge is 0.321 e. The number of rotatable bonds is 8. The second-order valence-corrected chi connectivity index (χ2v) is 11.4. The molecule has 1 heterocycles. The topological polar surface area (TPSA) is 119 Å². The number of hydrogen-bond acceptors (Lipinski definition) is 6. The average Bonchev–Trinajstić information content (AvgIpc) is 2.94. The van der Waals surface area contributed by atoms with E-state index in [0.717, 1.165) is 27.6 Å². The van der Waals surface area contributed by atoms with Crippen molar-refractivity contribution in [3.63, 3.8) is 0 Å². The van der Waals surface area contributed by atoms with Gasteiger partial charge in [-0.3, -0.25) is 9.59 Å². The van der Waals surface area contributed by atoms with Crippen molar-refractivity contribution in [3.8, 4) is 17.6 Å². The van der Waals surface area contributed by atoms with Gasteiger partial charge in [0.05, 0.1) is 0 Å². The third-order valence-electron chi connectivity index (χ3n) is 6.53. The number of carbonyl (C=O) groups is 2. The Morgan fingerprint density at radius 2 is 1.55 bits per heavy atom. The maximum absolute atomic E-state index is 12.4. The number of aliphatic carboxylic acids is 1. The number of anilines is 1. The van der Waals surface area contributed by atoms with E-state index in [0.29, 0.717) is 18.8 Å². The molecule has 2 N–H and O–H groups in total. The predicted octanol–water partition coefficient (Wildman–Crippen LogP) is 2.14. The van der Waals surface area contributed by atoms with Crippen molar-refractivity contribution in [2.45, 2.75) is 13.0 Å². The van der Waals surface area contributed by atoms with E-state index in [9.17, 15) is 18.0 Å². The zero-order chi connectivity index (χ0) is 28.9. The van der Waals surface area contributed by atoms with Gasteiger partial charge in [-0.2, -0.15) is 17.4 Å². The molecule has 1 fully saturated rings. The summed E-state index contributed by atoms with van der Waals surface area (Å²) in [6, 6.07) is 18.2. The SMILES string of the molecule is C[C@@H](NS(=O)(=O)N1CCN(c2ccc(C#Cc3ccc4cc(OCC(=O)N(C)C)ccc4c3)cc2)CC1)C(=O)O. The van der Waals surface area contributed by atoms with Crippen molar-refractivity contribution >= 4 is 38.5 Å². The molecule has 4 rings (SSSR count).